The van der Waals surface area contributed by atoms with Crippen LogP contribution in [0, 0.1) is 0 Å². The molecule has 0 radical (unpaired) electrons. The zero-order valence-corrected chi connectivity index (χ0v) is 22.2. The van der Waals surface area contributed by atoms with Crippen molar-refractivity contribution in [3.8, 4) is 0 Å². The molecule has 0 bridgehead atoms. The number of esters is 2. The van der Waals surface area contributed by atoms with Crippen LogP contribution in [0.25, 0.3) is 10.9 Å². The van der Waals surface area contributed by atoms with Gasteiger partial charge in [-0.05, 0) is 51.2 Å². The Morgan fingerprint density at radius 1 is 1.05 bits per heavy atom. The first kappa shape index (κ1) is 25.4. The molecule has 37 heavy (non-hydrogen) atoms. The highest BCUT2D eigenvalue weighted by Gasteiger charge is 2.29. The Labute approximate surface area is 220 Å². The van der Waals surface area contributed by atoms with Crippen molar-refractivity contribution in [2.24, 2.45) is 0 Å². The van der Waals surface area contributed by atoms with E-state index >= 15 is 0 Å². The lowest BCUT2D eigenvalue weighted by Gasteiger charge is -2.32. The fraction of sp³-hybridized carbons (Fsp3) is 0.429. The third kappa shape index (κ3) is 4.98. The number of ether oxygens (including phenoxy) is 2. The summed E-state index contributed by atoms with van der Waals surface area (Å²) < 4.78 is 10.5. The summed E-state index contributed by atoms with van der Waals surface area (Å²) in [6.07, 6.45) is 4.46. The second-order valence-corrected chi connectivity index (χ2v) is 10.9. The number of para-hydroxylation sites is 1. The number of carbonyl (C=O) groups is 3. The first-order valence-corrected chi connectivity index (χ1v) is 13.5. The Hall–Kier alpha value is -3.30. The molecule has 0 spiro atoms. The van der Waals surface area contributed by atoms with Crippen molar-refractivity contribution in [3.63, 3.8) is 0 Å². The summed E-state index contributed by atoms with van der Waals surface area (Å²) in [5.41, 5.74) is 4.36. The molecule has 2 aromatic heterocycles. The van der Waals surface area contributed by atoms with Crippen LogP contribution in [-0.4, -0.2) is 54.0 Å². The maximum Gasteiger partial charge on any atom is 0.341 e. The summed E-state index contributed by atoms with van der Waals surface area (Å²) in [7, 11) is 1.34. The molecule has 0 fully saturated rings. The van der Waals surface area contributed by atoms with E-state index < -0.39 is 24.5 Å². The van der Waals surface area contributed by atoms with E-state index in [0.29, 0.717) is 28.7 Å². The number of aryl methyl sites for hydroxylation is 1. The van der Waals surface area contributed by atoms with Crippen molar-refractivity contribution in [2.75, 3.05) is 25.6 Å². The van der Waals surface area contributed by atoms with Crippen molar-refractivity contribution in [3.05, 3.63) is 57.1 Å². The highest BCUT2D eigenvalue weighted by atomic mass is 32.1. The average Bonchev–Trinajstić information content (AvgIpc) is 3.27. The summed E-state index contributed by atoms with van der Waals surface area (Å²) in [4.78, 5) is 47.0. The summed E-state index contributed by atoms with van der Waals surface area (Å²) >= 11 is 1.40. The second kappa shape index (κ2) is 10.6. The first-order valence-electron chi connectivity index (χ1n) is 12.7. The quantitative estimate of drug-likeness (QED) is 0.476. The number of benzene rings is 1. The van der Waals surface area contributed by atoms with Crippen molar-refractivity contribution in [1.82, 2.24) is 9.88 Å². The van der Waals surface area contributed by atoms with Crippen LogP contribution in [-0.2, 0) is 40.1 Å². The van der Waals surface area contributed by atoms with Gasteiger partial charge in [-0.15, -0.1) is 11.3 Å². The minimum atomic E-state index is -0.547. The molecule has 1 aliphatic heterocycles. The van der Waals surface area contributed by atoms with Crippen LogP contribution < -0.4 is 5.32 Å². The largest absolute Gasteiger partial charge is 0.465 e. The number of anilines is 1. The number of aromatic nitrogens is 1. The highest BCUT2D eigenvalue weighted by molar-refractivity contribution is 7.17. The van der Waals surface area contributed by atoms with Gasteiger partial charge in [-0.1, -0.05) is 18.2 Å². The number of hydrogen-bond donors (Lipinski definition) is 1. The number of methoxy groups -OCH3 is 1. The molecule has 3 aromatic rings. The molecular weight excluding hydrogens is 490 g/mol. The molecule has 3 heterocycles. The molecule has 5 rings (SSSR count). The first-order chi connectivity index (χ1) is 17.9. The van der Waals surface area contributed by atoms with Crippen LogP contribution >= 0.6 is 11.3 Å². The van der Waals surface area contributed by atoms with Gasteiger partial charge in [0, 0.05) is 47.1 Å². The predicted molar refractivity (Wildman–Crippen MR) is 142 cm³/mol. The molecule has 2 aliphatic rings. The third-order valence-electron chi connectivity index (χ3n) is 7.16. The molecule has 0 unspecified atom stereocenters. The van der Waals surface area contributed by atoms with Crippen LogP contribution in [0.15, 0.2) is 24.3 Å². The molecule has 0 saturated carbocycles. The van der Waals surface area contributed by atoms with Crippen LogP contribution in [0.2, 0.25) is 0 Å². The topological polar surface area (TPSA) is 97.8 Å². The van der Waals surface area contributed by atoms with Crippen LogP contribution in [0.3, 0.4) is 0 Å². The smallest absolute Gasteiger partial charge is 0.341 e. The minimum absolute atomic E-state index is 0.329. The van der Waals surface area contributed by atoms with Gasteiger partial charge in [0.05, 0.1) is 23.8 Å². The fourth-order valence-corrected chi connectivity index (χ4v) is 6.52. The van der Waals surface area contributed by atoms with Crippen molar-refractivity contribution < 1.29 is 23.9 Å². The molecule has 1 N–H and O–H groups in total. The molecule has 0 atom stereocenters. The second-order valence-electron chi connectivity index (χ2n) is 9.77. The lowest BCUT2D eigenvalue weighted by atomic mass is 9.95. The van der Waals surface area contributed by atoms with Crippen LogP contribution in [0.1, 0.15) is 69.1 Å². The number of nitrogens with zero attached hydrogens (tertiary/aromatic N) is 2. The van der Waals surface area contributed by atoms with E-state index in [4.69, 9.17) is 14.5 Å². The molecule has 194 valence electrons. The SMILES string of the molecule is COC(=O)c1c(NC(=O)COC(=O)c2c3c(nc4ccccc24)CCN(C(C)C)C3)sc2c1CCCC2. The Morgan fingerprint density at radius 2 is 1.84 bits per heavy atom. The molecule has 1 aromatic carbocycles. The number of hydrogen-bond acceptors (Lipinski definition) is 8. The van der Waals surface area contributed by atoms with Crippen molar-refractivity contribution in [2.45, 2.75) is 58.5 Å². The van der Waals surface area contributed by atoms with E-state index in [-0.39, 0.29) is 0 Å². The van der Waals surface area contributed by atoms with E-state index in [1.54, 1.807) is 0 Å². The number of rotatable bonds is 6. The Bertz CT molecular complexity index is 1380. The van der Waals surface area contributed by atoms with Gasteiger partial charge in [-0.25, -0.2) is 9.59 Å². The van der Waals surface area contributed by atoms with Gasteiger partial charge in [0.25, 0.3) is 5.91 Å². The average molecular weight is 522 g/mol. The predicted octanol–water partition coefficient (Wildman–Crippen LogP) is 4.52. The summed E-state index contributed by atoms with van der Waals surface area (Å²) in [6.45, 7) is 5.28. The van der Waals surface area contributed by atoms with Crippen molar-refractivity contribution >= 4 is 45.1 Å². The van der Waals surface area contributed by atoms with Gasteiger partial charge in [0.1, 0.15) is 5.00 Å². The number of carbonyl (C=O) groups excluding carboxylic acids is 3. The number of pyridine rings is 1. The Balaban J connectivity index is 1.37. The molecule has 8 nitrogen and oxygen atoms in total. The number of fused-ring (bicyclic) bond motifs is 3. The van der Waals surface area contributed by atoms with Gasteiger partial charge in [0.2, 0.25) is 0 Å². The third-order valence-corrected chi connectivity index (χ3v) is 8.37. The summed E-state index contributed by atoms with van der Waals surface area (Å²) in [5.74, 6) is -1.50. The highest BCUT2D eigenvalue weighted by Crippen LogP contribution is 2.38. The van der Waals surface area contributed by atoms with Crippen molar-refractivity contribution in [1.29, 1.82) is 0 Å². The van der Waals surface area contributed by atoms with E-state index in [1.807, 2.05) is 24.3 Å². The minimum Gasteiger partial charge on any atom is -0.465 e. The van der Waals surface area contributed by atoms with E-state index in [1.165, 1.54) is 18.4 Å². The van der Waals surface area contributed by atoms with Gasteiger partial charge in [-0.2, -0.15) is 0 Å². The monoisotopic (exact) mass is 521 g/mol. The van der Waals surface area contributed by atoms with Gasteiger partial charge in [-0.3, -0.25) is 14.7 Å². The molecule has 9 heteroatoms. The van der Waals surface area contributed by atoms with E-state index in [2.05, 4.69) is 24.1 Å². The van der Waals surface area contributed by atoms with Crippen LogP contribution in [0.4, 0.5) is 5.00 Å². The van der Waals surface area contributed by atoms with Gasteiger partial charge in [0.15, 0.2) is 6.61 Å². The zero-order chi connectivity index (χ0) is 26.1. The number of amides is 1. The summed E-state index contributed by atoms with van der Waals surface area (Å²) in [6, 6.07) is 7.85. The summed E-state index contributed by atoms with van der Waals surface area (Å²) in [5, 5.41) is 3.97. The molecule has 0 saturated heterocycles. The lowest BCUT2D eigenvalue weighted by molar-refractivity contribution is -0.119. The molecule has 1 aliphatic carbocycles. The Kier molecular flexibility index (Phi) is 7.26. The standard InChI is InChI=1S/C28H31N3O5S/c1-16(2)31-13-12-21-19(14-31)24(17-8-4-6-10-20(17)29-21)28(34)36-15-23(32)30-26-25(27(33)35-3)18-9-5-7-11-22(18)37-26/h4,6,8,10,16H,5,7,9,11-15H2,1-3H3,(H,30,32). The van der Waals surface area contributed by atoms with E-state index in [0.717, 1.165) is 71.2 Å². The van der Waals surface area contributed by atoms with E-state index in [9.17, 15) is 14.4 Å². The van der Waals surface area contributed by atoms with Gasteiger partial charge < -0.3 is 14.8 Å². The lowest BCUT2D eigenvalue weighted by Crippen LogP contribution is -2.37. The van der Waals surface area contributed by atoms with Crippen LogP contribution in [0.5, 0.6) is 0 Å². The maximum absolute atomic E-state index is 13.4. The molecule has 1 amide bonds. The Morgan fingerprint density at radius 3 is 2.62 bits per heavy atom. The maximum atomic E-state index is 13.4. The number of nitrogens with one attached hydrogen (secondary N) is 1. The fourth-order valence-electron chi connectivity index (χ4n) is 5.22. The van der Waals surface area contributed by atoms with Gasteiger partial charge >= 0.3 is 11.9 Å². The number of thiophene rings is 1. The normalized spacial score (nSPS) is 15.2. The molecular formula is C28H31N3O5S. The zero-order valence-electron chi connectivity index (χ0n) is 21.4.